The number of carbonyl (C=O) groups excluding carboxylic acids is 4. The van der Waals surface area contributed by atoms with Gasteiger partial charge < -0.3 is 61.0 Å². The lowest BCUT2D eigenvalue weighted by Gasteiger charge is -2.48. The normalized spacial score (nSPS) is 37.5. The van der Waals surface area contributed by atoms with Crippen LogP contribution in [-0.4, -0.2) is 172 Å². The number of allylic oxidation sites excluding steroid dienone is 2. The van der Waals surface area contributed by atoms with Gasteiger partial charge in [-0.3, -0.25) is 24.1 Å². The van der Waals surface area contributed by atoms with Gasteiger partial charge in [0.25, 0.3) is 0 Å². The van der Waals surface area contributed by atoms with Gasteiger partial charge in [0.15, 0.2) is 41.4 Å². The molecule has 0 amide bonds. The predicted molar refractivity (Wildman–Crippen MR) is 296 cm³/mol. The summed E-state index contributed by atoms with van der Waals surface area (Å²) in [5.41, 5.74) is 0.907. The van der Waals surface area contributed by atoms with Gasteiger partial charge in [-0.25, -0.2) is 0 Å². The van der Waals surface area contributed by atoms with E-state index in [1.807, 2.05) is 46.7 Å². The average Bonchev–Trinajstić information content (AvgIpc) is 3.39. The first-order valence-electron chi connectivity index (χ1n) is 27.9. The SMILES string of the molecule is CC[C@H]1OC(=O)C[C@H]2OC(O[Si](C)(C)C(C)(C)C)C[C@@H](C[C@@H](C)C(O[Si](C)(C)C(C)(C)C)/C=C/C(C)=C/[C@@H]1CO[C@@H]1O[C@H](C)[C@@H](OC(C)=O)[C@@H](OC)[C@H]1OC)[C@H](O[C@@H]1O[C@H](C)[C@@H](OC(C)=O)[C@H](N(C)C)[C@H]1OC(C)=O)[C@H]2C. The summed E-state index contributed by atoms with van der Waals surface area (Å²) < 4.78 is 84.6. The van der Waals surface area contributed by atoms with Gasteiger partial charge in [-0.05, 0) is 95.8 Å². The Hall–Kier alpha value is -2.61. The molecule has 0 aliphatic carbocycles. The molecule has 20 heteroatoms. The Kier molecular flexibility index (Phi) is 24.3. The fraction of sp³-hybridized carbons (Fsp3) is 0.860. The van der Waals surface area contributed by atoms with Crippen molar-refractivity contribution in [3.63, 3.8) is 0 Å². The monoisotopic (exact) mass is 1130 g/mol. The molecule has 444 valence electrons. The van der Waals surface area contributed by atoms with Gasteiger partial charge in [0, 0.05) is 53.2 Å². The molecule has 0 radical (unpaired) electrons. The zero-order chi connectivity index (χ0) is 58.3. The third kappa shape index (κ3) is 17.7. The van der Waals surface area contributed by atoms with Gasteiger partial charge in [-0.15, -0.1) is 0 Å². The van der Waals surface area contributed by atoms with Crippen molar-refractivity contribution < 1.29 is 80.1 Å². The summed E-state index contributed by atoms with van der Waals surface area (Å²) in [6.45, 7) is 38.1. The van der Waals surface area contributed by atoms with E-state index in [0.29, 0.717) is 19.3 Å². The highest BCUT2D eigenvalue weighted by Gasteiger charge is 2.54. The summed E-state index contributed by atoms with van der Waals surface area (Å²) in [5, 5.41) is -0.291. The van der Waals surface area contributed by atoms with Crippen LogP contribution in [0.25, 0.3) is 0 Å². The van der Waals surface area contributed by atoms with Gasteiger partial charge in [0.2, 0.25) is 0 Å². The first-order valence-corrected chi connectivity index (χ1v) is 33.8. The molecule has 19 atom stereocenters. The number of hydrogen-bond acceptors (Lipinski definition) is 18. The molecule has 4 heterocycles. The molecule has 0 spiro atoms. The van der Waals surface area contributed by atoms with Crippen LogP contribution in [0.1, 0.15) is 130 Å². The van der Waals surface area contributed by atoms with Gasteiger partial charge in [-0.2, -0.15) is 0 Å². The Balaban J connectivity index is 1.93. The summed E-state index contributed by atoms with van der Waals surface area (Å²) in [7, 11) is 1.79. The summed E-state index contributed by atoms with van der Waals surface area (Å²) in [6, 6.07) is -0.642. The molecule has 0 aromatic carbocycles. The Morgan fingerprint density at radius 2 is 1.25 bits per heavy atom. The number of carbonyl (C=O) groups is 4. The van der Waals surface area contributed by atoms with Crippen LogP contribution < -0.4 is 0 Å². The summed E-state index contributed by atoms with van der Waals surface area (Å²) in [5.74, 6) is -3.33. The van der Waals surface area contributed by atoms with Crippen molar-refractivity contribution in [2.75, 3.05) is 34.9 Å². The average molecular weight is 1130 g/mol. The van der Waals surface area contributed by atoms with Gasteiger partial charge in [0.05, 0.1) is 49.6 Å². The minimum Gasteiger partial charge on any atom is -0.462 e. The number of nitrogens with zero attached hydrogens (tertiary/aromatic N) is 1. The second-order valence-electron chi connectivity index (χ2n) is 25.4. The molecule has 77 heavy (non-hydrogen) atoms. The molecule has 0 N–H and O–H groups in total. The molecular formula is C57H101NO17Si2. The lowest BCUT2D eigenvalue weighted by atomic mass is 9.80. The van der Waals surface area contributed by atoms with E-state index in [-0.39, 0.29) is 41.0 Å². The Bertz CT molecular complexity index is 2000. The molecule has 3 fully saturated rings. The summed E-state index contributed by atoms with van der Waals surface area (Å²) in [6.07, 6.45) is -2.91. The van der Waals surface area contributed by atoms with Crippen LogP contribution in [0.3, 0.4) is 0 Å². The van der Waals surface area contributed by atoms with E-state index >= 15 is 0 Å². The zero-order valence-corrected chi connectivity index (χ0v) is 53.1. The third-order valence-electron chi connectivity index (χ3n) is 16.9. The van der Waals surface area contributed by atoms with Crippen molar-refractivity contribution >= 4 is 40.5 Å². The van der Waals surface area contributed by atoms with Crippen LogP contribution in [0.15, 0.2) is 23.8 Å². The van der Waals surface area contributed by atoms with Crippen LogP contribution in [0.4, 0.5) is 0 Å². The van der Waals surface area contributed by atoms with E-state index in [1.54, 1.807) is 6.92 Å². The van der Waals surface area contributed by atoms with E-state index in [1.165, 1.54) is 35.0 Å². The number of cyclic esters (lactones) is 1. The lowest BCUT2D eigenvalue weighted by Crippen LogP contribution is -2.65. The standard InChI is InChI=1S/C57H101NO17Si2/c1-24-42-41(31-65-54-53(64-19)52(63-18)50(36(6)66-54)69-38(8)60)27-32(2)25-26-43(74-76(20,21)56(10,11)12)33(3)28-40-29-46(75-77(22,23)57(13,14)15)72-44(30-45(62)71-42)34(4)48(40)73-55-51(70-39(9)61)47(58(16)17)49(35(5)67-55)68-37(7)59/h25-27,33-36,40-44,46-55H,24,28-31H2,1-23H3/b26-25+,32-27+/t33-,34+,35-,36-,40-,41-,42-,43?,44-,46?,47+,48-,49-,50-,51-,52-,53-,54-,55+/m1/s1. The number of rotatable bonds is 16. The third-order valence-corrected chi connectivity index (χ3v) is 25.9. The van der Waals surface area contributed by atoms with Crippen molar-refractivity contribution in [3.8, 4) is 0 Å². The number of likely N-dealkylation sites (N-methyl/N-ethyl adjacent to an activating group) is 1. The molecule has 2 unspecified atom stereocenters. The summed E-state index contributed by atoms with van der Waals surface area (Å²) in [4.78, 5) is 54.3. The number of fused-ring (bicyclic) bond motifs is 3. The maximum Gasteiger partial charge on any atom is 0.308 e. The minimum atomic E-state index is -2.52. The highest BCUT2D eigenvalue weighted by molar-refractivity contribution is 6.74. The quantitative estimate of drug-likeness (QED) is 0.0806. The van der Waals surface area contributed by atoms with Crippen molar-refractivity contribution in [1.82, 2.24) is 4.90 Å². The largest absolute Gasteiger partial charge is 0.462 e. The van der Waals surface area contributed by atoms with Crippen LogP contribution in [-0.2, 0) is 80.1 Å². The Morgan fingerprint density at radius 3 is 1.78 bits per heavy atom. The molecule has 0 aromatic rings. The molecule has 4 rings (SSSR count). The van der Waals surface area contributed by atoms with Crippen LogP contribution in [0.2, 0.25) is 36.3 Å². The Morgan fingerprint density at radius 1 is 0.714 bits per heavy atom. The van der Waals surface area contributed by atoms with Crippen LogP contribution in [0.5, 0.6) is 0 Å². The molecule has 4 aliphatic rings. The lowest BCUT2D eigenvalue weighted by molar-refractivity contribution is -0.307. The number of hydrogen-bond donors (Lipinski definition) is 0. The van der Waals surface area contributed by atoms with E-state index in [9.17, 15) is 19.2 Å². The van der Waals surface area contributed by atoms with E-state index in [4.69, 9.17) is 61.0 Å². The number of methoxy groups -OCH3 is 2. The van der Waals surface area contributed by atoms with Crippen molar-refractivity contribution in [1.29, 1.82) is 0 Å². The molecule has 2 bridgehead atoms. The number of ether oxygens (including phenoxy) is 11. The van der Waals surface area contributed by atoms with Crippen molar-refractivity contribution in [3.05, 3.63) is 23.8 Å². The van der Waals surface area contributed by atoms with Crippen molar-refractivity contribution in [2.24, 2.45) is 23.7 Å². The highest BCUT2D eigenvalue weighted by atomic mass is 28.4. The first kappa shape index (κ1) is 66.9. The van der Waals surface area contributed by atoms with Crippen LogP contribution >= 0.6 is 0 Å². The molecular weight excluding hydrogens is 1030 g/mol. The number of esters is 4. The molecule has 18 nitrogen and oxygen atoms in total. The molecule has 4 aliphatic heterocycles. The smallest absolute Gasteiger partial charge is 0.308 e. The maximum atomic E-state index is 14.8. The van der Waals surface area contributed by atoms with E-state index in [0.717, 1.165) is 5.57 Å². The Labute approximate surface area is 464 Å². The van der Waals surface area contributed by atoms with Crippen molar-refractivity contribution in [2.45, 2.75) is 258 Å². The van der Waals surface area contributed by atoms with Gasteiger partial charge in [0.1, 0.15) is 30.7 Å². The molecule has 3 saturated heterocycles. The second-order valence-corrected chi connectivity index (χ2v) is 34.9. The predicted octanol–water partition coefficient (Wildman–Crippen LogP) is 9.28. The first-order chi connectivity index (χ1) is 35.6. The highest BCUT2D eigenvalue weighted by Crippen LogP contribution is 2.45. The topological polar surface area (TPSA) is 192 Å². The second kappa shape index (κ2) is 27.9. The van der Waals surface area contributed by atoms with Crippen LogP contribution in [0, 0.1) is 23.7 Å². The fourth-order valence-corrected chi connectivity index (χ4v) is 13.1. The summed E-state index contributed by atoms with van der Waals surface area (Å²) >= 11 is 0. The maximum absolute atomic E-state index is 14.8. The molecule has 0 aromatic heterocycles. The van der Waals surface area contributed by atoms with E-state index < -0.39 is 138 Å². The molecule has 0 saturated carbocycles. The van der Waals surface area contributed by atoms with E-state index in [2.05, 4.69) is 92.9 Å². The van der Waals surface area contributed by atoms with Gasteiger partial charge in [-0.1, -0.05) is 86.1 Å². The zero-order valence-electron chi connectivity index (χ0n) is 51.1. The fourth-order valence-electron chi connectivity index (χ4n) is 10.6. The minimum absolute atomic E-state index is 0.0646. The van der Waals surface area contributed by atoms with Gasteiger partial charge >= 0.3 is 23.9 Å².